The van der Waals surface area contributed by atoms with Gasteiger partial charge in [0.2, 0.25) is 0 Å². The minimum absolute atomic E-state index is 0.809. The Hall–Kier alpha value is -1.48. The van der Waals surface area contributed by atoms with Gasteiger partial charge in [-0.25, -0.2) is 0 Å². The molecule has 0 bridgehead atoms. The van der Waals surface area contributed by atoms with Crippen molar-refractivity contribution in [2.45, 2.75) is 25.7 Å². The van der Waals surface area contributed by atoms with E-state index >= 15 is 0 Å². The summed E-state index contributed by atoms with van der Waals surface area (Å²) in [7, 11) is -1.03. The van der Waals surface area contributed by atoms with E-state index in [1.54, 1.807) is 0 Å². The molecule has 1 aromatic heterocycles. The first kappa shape index (κ1) is 12.0. The molecular weight excluding hydrogens is 224 g/mol. The third-order valence-electron chi connectivity index (χ3n) is 2.68. The second-order valence-electron chi connectivity index (χ2n) is 5.76. The van der Waals surface area contributed by atoms with E-state index in [4.69, 9.17) is 5.73 Å². The molecule has 0 amide bonds. The van der Waals surface area contributed by atoms with Gasteiger partial charge in [0.25, 0.3) is 0 Å². The third-order valence-corrected chi connectivity index (χ3v) is 4.15. The molecule has 2 rings (SSSR count). The topological polar surface area (TPSA) is 30.9 Å². The van der Waals surface area contributed by atoms with Crippen molar-refractivity contribution in [3.05, 3.63) is 48.3 Å². The quantitative estimate of drug-likeness (QED) is 0.650. The number of benzene rings is 1. The van der Waals surface area contributed by atoms with Crippen LogP contribution >= 0.6 is 0 Å². The second kappa shape index (κ2) is 4.41. The predicted octanol–water partition coefficient (Wildman–Crippen LogP) is 3.48. The first-order valence-electron chi connectivity index (χ1n) is 5.97. The lowest BCUT2D eigenvalue weighted by Crippen LogP contribution is -2.23. The zero-order valence-corrected chi connectivity index (χ0v) is 11.8. The summed E-state index contributed by atoms with van der Waals surface area (Å²) in [6.45, 7) is 7.19. The SMILES string of the molecule is C[Si](C)(C)Cc1ccn(-c2ccc(N)cc2)c1. The van der Waals surface area contributed by atoms with Crippen LogP contribution in [0.15, 0.2) is 42.7 Å². The molecule has 0 saturated heterocycles. The fourth-order valence-electron chi connectivity index (χ4n) is 1.96. The molecule has 0 aliphatic rings. The van der Waals surface area contributed by atoms with Crippen LogP contribution in [-0.4, -0.2) is 12.6 Å². The van der Waals surface area contributed by atoms with Crippen LogP contribution in [0.1, 0.15) is 5.56 Å². The Balaban J connectivity index is 2.21. The molecule has 1 aromatic carbocycles. The van der Waals surface area contributed by atoms with Crippen molar-refractivity contribution < 1.29 is 0 Å². The maximum Gasteiger partial charge on any atom is 0.0487 e. The summed E-state index contributed by atoms with van der Waals surface area (Å²) < 4.78 is 2.16. The van der Waals surface area contributed by atoms with Gasteiger partial charge in [-0.05, 0) is 41.9 Å². The van der Waals surface area contributed by atoms with Gasteiger partial charge < -0.3 is 10.3 Å². The minimum atomic E-state index is -1.03. The van der Waals surface area contributed by atoms with Gasteiger partial charge in [0.05, 0.1) is 0 Å². The Kier molecular flexibility index (Phi) is 3.11. The highest BCUT2D eigenvalue weighted by atomic mass is 28.3. The lowest BCUT2D eigenvalue weighted by Gasteiger charge is -2.13. The van der Waals surface area contributed by atoms with Gasteiger partial charge >= 0.3 is 0 Å². The largest absolute Gasteiger partial charge is 0.399 e. The average molecular weight is 244 g/mol. The third kappa shape index (κ3) is 3.23. The van der Waals surface area contributed by atoms with Crippen molar-refractivity contribution in [1.82, 2.24) is 4.57 Å². The lowest BCUT2D eigenvalue weighted by atomic mass is 10.3. The first-order chi connectivity index (χ1) is 7.94. The van der Waals surface area contributed by atoms with Crippen LogP contribution in [0.25, 0.3) is 5.69 Å². The summed E-state index contributed by atoms with van der Waals surface area (Å²) in [6.07, 6.45) is 4.35. The number of rotatable bonds is 3. The van der Waals surface area contributed by atoms with Gasteiger partial charge in [-0.1, -0.05) is 19.6 Å². The highest BCUT2D eigenvalue weighted by Crippen LogP contribution is 2.16. The van der Waals surface area contributed by atoms with Crippen molar-refractivity contribution in [3.63, 3.8) is 0 Å². The van der Waals surface area contributed by atoms with E-state index in [9.17, 15) is 0 Å². The van der Waals surface area contributed by atoms with E-state index in [1.807, 2.05) is 24.3 Å². The zero-order chi connectivity index (χ0) is 12.5. The number of nitrogen functional groups attached to an aromatic ring is 1. The number of nitrogens with zero attached hydrogens (tertiary/aromatic N) is 1. The number of anilines is 1. The maximum atomic E-state index is 5.69. The van der Waals surface area contributed by atoms with Gasteiger partial charge in [-0.3, -0.25) is 0 Å². The van der Waals surface area contributed by atoms with Gasteiger partial charge in [0.1, 0.15) is 0 Å². The molecule has 2 nitrogen and oxygen atoms in total. The Morgan fingerprint density at radius 1 is 1.06 bits per heavy atom. The molecular formula is C14H20N2Si. The summed E-state index contributed by atoms with van der Waals surface area (Å²) in [4.78, 5) is 0. The molecule has 0 atom stereocenters. The zero-order valence-electron chi connectivity index (χ0n) is 10.8. The molecule has 3 heteroatoms. The summed E-state index contributed by atoms with van der Waals surface area (Å²) >= 11 is 0. The van der Waals surface area contributed by atoms with Gasteiger partial charge in [-0.15, -0.1) is 0 Å². The Bertz CT molecular complexity index is 492. The summed E-state index contributed by atoms with van der Waals surface area (Å²) in [5.41, 5.74) is 9.10. The Morgan fingerprint density at radius 3 is 2.29 bits per heavy atom. The minimum Gasteiger partial charge on any atom is -0.399 e. The van der Waals surface area contributed by atoms with Crippen molar-refractivity contribution in [3.8, 4) is 5.69 Å². The molecule has 17 heavy (non-hydrogen) atoms. The van der Waals surface area contributed by atoms with Crippen LogP contribution in [0.2, 0.25) is 19.6 Å². The Morgan fingerprint density at radius 2 is 1.71 bits per heavy atom. The average Bonchev–Trinajstić information content (AvgIpc) is 2.64. The number of hydrogen-bond donors (Lipinski definition) is 1. The normalized spacial score (nSPS) is 11.7. The maximum absolute atomic E-state index is 5.69. The Labute approximate surface area is 104 Å². The number of nitrogens with two attached hydrogens (primary N) is 1. The van der Waals surface area contributed by atoms with Crippen LogP contribution in [0, 0.1) is 0 Å². The molecule has 0 aliphatic carbocycles. The van der Waals surface area contributed by atoms with E-state index in [-0.39, 0.29) is 0 Å². The molecule has 0 spiro atoms. The van der Waals surface area contributed by atoms with Crippen LogP contribution in [0.3, 0.4) is 0 Å². The van der Waals surface area contributed by atoms with E-state index in [1.165, 1.54) is 17.3 Å². The molecule has 90 valence electrons. The summed E-state index contributed by atoms with van der Waals surface area (Å²) in [6, 6.07) is 11.4. The fourth-order valence-corrected chi connectivity index (χ4v) is 3.40. The smallest absolute Gasteiger partial charge is 0.0487 e. The van der Waals surface area contributed by atoms with Crippen LogP contribution < -0.4 is 5.73 Å². The standard InChI is InChI=1S/C14H20N2Si/c1-17(2,3)11-12-8-9-16(10-12)14-6-4-13(15)5-7-14/h4-10H,11,15H2,1-3H3. The van der Waals surface area contributed by atoms with E-state index in [2.05, 4.69) is 42.7 Å². The molecule has 0 unspecified atom stereocenters. The fraction of sp³-hybridized carbons (Fsp3) is 0.286. The van der Waals surface area contributed by atoms with E-state index in [0.29, 0.717) is 0 Å². The molecule has 0 aliphatic heterocycles. The lowest BCUT2D eigenvalue weighted by molar-refractivity contribution is 1.07. The molecule has 1 heterocycles. The molecule has 2 N–H and O–H groups in total. The monoisotopic (exact) mass is 244 g/mol. The van der Waals surface area contributed by atoms with Crippen molar-refractivity contribution in [1.29, 1.82) is 0 Å². The van der Waals surface area contributed by atoms with Crippen LogP contribution in [-0.2, 0) is 6.04 Å². The second-order valence-corrected chi connectivity index (χ2v) is 11.2. The van der Waals surface area contributed by atoms with Crippen molar-refractivity contribution in [2.75, 3.05) is 5.73 Å². The number of hydrogen-bond acceptors (Lipinski definition) is 1. The molecule has 0 saturated carbocycles. The van der Waals surface area contributed by atoms with E-state index < -0.39 is 8.07 Å². The summed E-state index contributed by atoms with van der Waals surface area (Å²) in [5, 5.41) is 0. The van der Waals surface area contributed by atoms with Gasteiger partial charge in [0, 0.05) is 31.8 Å². The van der Waals surface area contributed by atoms with Gasteiger partial charge in [0.15, 0.2) is 0 Å². The van der Waals surface area contributed by atoms with Gasteiger partial charge in [-0.2, -0.15) is 0 Å². The van der Waals surface area contributed by atoms with Crippen LogP contribution in [0.5, 0.6) is 0 Å². The summed E-state index contributed by atoms with van der Waals surface area (Å²) in [5.74, 6) is 0. The van der Waals surface area contributed by atoms with E-state index in [0.717, 1.165) is 5.69 Å². The highest BCUT2D eigenvalue weighted by molar-refractivity contribution is 6.75. The predicted molar refractivity (Wildman–Crippen MR) is 77.2 cm³/mol. The van der Waals surface area contributed by atoms with Crippen molar-refractivity contribution >= 4 is 13.8 Å². The molecule has 0 radical (unpaired) electrons. The van der Waals surface area contributed by atoms with Crippen LogP contribution in [0.4, 0.5) is 5.69 Å². The highest BCUT2D eigenvalue weighted by Gasteiger charge is 2.14. The van der Waals surface area contributed by atoms with Crippen molar-refractivity contribution in [2.24, 2.45) is 0 Å². The molecule has 2 aromatic rings. The molecule has 0 fully saturated rings. The first-order valence-corrected chi connectivity index (χ1v) is 9.67. The number of aromatic nitrogens is 1.